The van der Waals surface area contributed by atoms with Crippen molar-refractivity contribution in [3.05, 3.63) is 34.3 Å². The van der Waals surface area contributed by atoms with Crippen LogP contribution in [0.3, 0.4) is 0 Å². The van der Waals surface area contributed by atoms with Crippen molar-refractivity contribution in [3.63, 3.8) is 0 Å². The topological polar surface area (TPSA) is 20.3 Å². The summed E-state index contributed by atoms with van der Waals surface area (Å²) in [5.41, 5.74) is 1.05. The van der Waals surface area contributed by atoms with Gasteiger partial charge >= 0.3 is 0 Å². The SMILES string of the molecule is CN(C)CC(=O)Cc1ccccc1Br. The minimum Gasteiger partial charge on any atom is -0.302 e. The van der Waals surface area contributed by atoms with Crippen LogP contribution in [0.15, 0.2) is 28.7 Å². The van der Waals surface area contributed by atoms with Gasteiger partial charge in [-0.15, -0.1) is 0 Å². The fourth-order valence-corrected chi connectivity index (χ4v) is 1.69. The zero-order valence-electron chi connectivity index (χ0n) is 8.46. The van der Waals surface area contributed by atoms with Gasteiger partial charge in [-0.25, -0.2) is 0 Å². The van der Waals surface area contributed by atoms with Crippen molar-refractivity contribution in [2.24, 2.45) is 0 Å². The molecule has 0 fully saturated rings. The van der Waals surface area contributed by atoms with E-state index < -0.39 is 0 Å². The maximum absolute atomic E-state index is 11.5. The highest BCUT2D eigenvalue weighted by atomic mass is 79.9. The number of hydrogen-bond acceptors (Lipinski definition) is 2. The van der Waals surface area contributed by atoms with Crippen molar-refractivity contribution in [1.29, 1.82) is 0 Å². The van der Waals surface area contributed by atoms with Crippen LogP contribution in [0.25, 0.3) is 0 Å². The van der Waals surface area contributed by atoms with E-state index in [1.54, 1.807) is 0 Å². The minimum absolute atomic E-state index is 0.238. The van der Waals surface area contributed by atoms with Gasteiger partial charge < -0.3 is 4.90 Å². The third-order valence-electron chi connectivity index (χ3n) is 1.84. The molecule has 0 aliphatic carbocycles. The second-order valence-corrected chi connectivity index (χ2v) is 4.40. The number of hydrogen-bond donors (Lipinski definition) is 0. The smallest absolute Gasteiger partial charge is 0.151 e. The molecule has 0 saturated carbocycles. The number of carbonyl (C=O) groups excluding carboxylic acids is 1. The third kappa shape index (κ3) is 3.60. The first-order valence-corrected chi connectivity index (χ1v) is 5.28. The van der Waals surface area contributed by atoms with Gasteiger partial charge in [0.2, 0.25) is 0 Å². The Kier molecular flexibility index (Phi) is 4.29. The predicted octanol–water partition coefficient (Wildman–Crippen LogP) is 2.12. The van der Waals surface area contributed by atoms with Crippen molar-refractivity contribution in [1.82, 2.24) is 4.90 Å². The predicted molar refractivity (Wildman–Crippen MR) is 61.4 cm³/mol. The second kappa shape index (κ2) is 5.27. The molecule has 0 aromatic heterocycles. The van der Waals surface area contributed by atoms with Crippen LogP contribution in [0.4, 0.5) is 0 Å². The number of ketones is 1. The molecular weight excluding hydrogens is 242 g/mol. The summed E-state index contributed by atoms with van der Waals surface area (Å²) in [6, 6.07) is 7.82. The standard InChI is InChI=1S/C11H14BrNO/c1-13(2)8-10(14)7-9-5-3-4-6-11(9)12/h3-6H,7-8H2,1-2H3. The molecule has 2 nitrogen and oxygen atoms in total. The average Bonchev–Trinajstić information content (AvgIpc) is 2.07. The quantitative estimate of drug-likeness (QED) is 0.822. The number of nitrogens with zero attached hydrogens (tertiary/aromatic N) is 1. The Bertz CT molecular complexity index is 323. The van der Waals surface area contributed by atoms with Crippen molar-refractivity contribution in [3.8, 4) is 0 Å². The fraction of sp³-hybridized carbons (Fsp3) is 0.364. The Morgan fingerprint density at radius 3 is 2.57 bits per heavy atom. The summed E-state index contributed by atoms with van der Waals surface area (Å²) < 4.78 is 1.01. The molecule has 1 aromatic carbocycles. The molecule has 0 N–H and O–H groups in total. The minimum atomic E-state index is 0.238. The summed E-state index contributed by atoms with van der Waals surface area (Å²) in [5, 5.41) is 0. The highest BCUT2D eigenvalue weighted by molar-refractivity contribution is 9.10. The third-order valence-corrected chi connectivity index (χ3v) is 2.61. The molecule has 0 aliphatic rings. The van der Waals surface area contributed by atoms with E-state index in [2.05, 4.69) is 15.9 Å². The van der Waals surface area contributed by atoms with Crippen LogP contribution >= 0.6 is 15.9 Å². The van der Waals surface area contributed by atoms with Gasteiger partial charge in [0.05, 0.1) is 6.54 Å². The normalized spacial score (nSPS) is 10.6. The lowest BCUT2D eigenvalue weighted by molar-refractivity contribution is -0.119. The molecule has 0 saturated heterocycles. The van der Waals surface area contributed by atoms with Crippen LogP contribution in [-0.4, -0.2) is 31.3 Å². The molecule has 0 radical (unpaired) electrons. The summed E-state index contributed by atoms with van der Waals surface area (Å²) in [7, 11) is 3.80. The zero-order chi connectivity index (χ0) is 10.6. The van der Waals surface area contributed by atoms with Crippen LogP contribution in [0.2, 0.25) is 0 Å². The number of carbonyl (C=O) groups is 1. The van der Waals surface area contributed by atoms with Gasteiger partial charge in [-0.2, -0.15) is 0 Å². The highest BCUT2D eigenvalue weighted by Crippen LogP contribution is 2.16. The van der Waals surface area contributed by atoms with E-state index in [0.717, 1.165) is 10.0 Å². The van der Waals surface area contributed by atoms with Crippen molar-refractivity contribution >= 4 is 21.7 Å². The summed E-state index contributed by atoms with van der Waals surface area (Å²) in [5.74, 6) is 0.238. The molecule has 14 heavy (non-hydrogen) atoms. The monoisotopic (exact) mass is 255 g/mol. The van der Waals surface area contributed by atoms with E-state index in [4.69, 9.17) is 0 Å². The first kappa shape index (κ1) is 11.4. The van der Waals surface area contributed by atoms with E-state index >= 15 is 0 Å². The van der Waals surface area contributed by atoms with Crippen LogP contribution in [0.5, 0.6) is 0 Å². The van der Waals surface area contributed by atoms with Gasteiger partial charge in [0.1, 0.15) is 0 Å². The van der Waals surface area contributed by atoms with E-state index in [1.807, 2.05) is 43.3 Å². The van der Waals surface area contributed by atoms with E-state index in [-0.39, 0.29) is 5.78 Å². The number of rotatable bonds is 4. The molecule has 0 unspecified atom stereocenters. The van der Waals surface area contributed by atoms with Gasteiger partial charge in [0.25, 0.3) is 0 Å². The second-order valence-electron chi connectivity index (χ2n) is 3.54. The van der Waals surface area contributed by atoms with Gasteiger partial charge in [0, 0.05) is 10.9 Å². The Labute approximate surface area is 93.0 Å². The molecule has 1 rings (SSSR count). The van der Waals surface area contributed by atoms with Crippen LogP contribution in [0.1, 0.15) is 5.56 Å². The van der Waals surface area contributed by atoms with E-state index in [1.165, 1.54) is 0 Å². The fourth-order valence-electron chi connectivity index (χ4n) is 1.26. The van der Waals surface area contributed by atoms with Crippen LogP contribution in [0, 0.1) is 0 Å². The number of halogens is 1. The number of likely N-dealkylation sites (N-methyl/N-ethyl adjacent to an activating group) is 1. The zero-order valence-corrected chi connectivity index (χ0v) is 10.0. The van der Waals surface area contributed by atoms with Crippen LogP contribution in [-0.2, 0) is 11.2 Å². The maximum Gasteiger partial charge on any atom is 0.151 e. The molecular formula is C11H14BrNO. The van der Waals surface area contributed by atoms with Crippen molar-refractivity contribution in [2.45, 2.75) is 6.42 Å². The lowest BCUT2D eigenvalue weighted by atomic mass is 10.1. The molecule has 0 aliphatic heterocycles. The van der Waals surface area contributed by atoms with Gasteiger partial charge in [-0.1, -0.05) is 34.1 Å². The Hall–Kier alpha value is -0.670. The average molecular weight is 256 g/mol. The lowest BCUT2D eigenvalue weighted by Crippen LogP contribution is -2.23. The first-order valence-electron chi connectivity index (χ1n) is 4.49. The molecule has 0 heterocycles. The first-order chi connectivity index (χ1) is 6.59. The summed E-state index contributed by atoms with van der Waals surface area (Å²) in [4.78, 5) is 13.4. The van der Waals surface area contributed by atoms with Gasteiger partial charge in [-0.05, 0) is 25.7 Å². The molecule has 0 amide bonds. The summed E-state index contributed by atoms with van der Waals surface area (Å²) in [6.07, 6.45) is 0.500. The van der Waals surface area contributed by atoms with E-state index in [9.17, 15) is 4.79 Å². The molecule has 76 valence electrons. The largest absolute Gasteiger partial charge is 0.302 e. The Morgan fingerprint density at radius 2 is 2.00 bits per heavy atom. The molecule has 0 spiro atoms. The Morgan fingerprint density at radius 1 is 1.36 bits per heavy atom. The molecule has 1 aromatic rings. The maximum atomic E-state index is 11.5. The van der Waals surface area contributed by atoms with Gasteiger partial charge in [-0.3, -0.25) is 4.79 Å². The van der Waals surface area contributed by atoms with E-state index in [0.29, 0.717) is 13.0 Å². The molecule has 0 atom stereocenters. The summed E-state index contributed by atoms with van der Waals surface area (Å²) >= 11 is 3.43. The summed E-state index contributed by atoms with van der Waals surface area (Å²) in [6.45, 7) is 0.501. The van der Waals surface area contributed by atoms with Crippen molar-refractivity contribution in [2.75, 3.05) is 20.6 Å². The molecule has 0 bridgehead atoms. The van der Waals surface area contributed by atoms with Gasteiger partial charge in [0.15, 0.2) is 5.78 Å². The number of benzene rings is 1. The number of Topliss-reactive ketones (excluding diaryl/α,β-unsaturated/α-hetero) is 1. The van der Waals surface area contributed by atoms with Crippen molar-refractivity contribution < 1.29 is 4.79 Å². The lowest BCUT2D eigenvalue weighted by Gasteiger charge is -2.08. The Balaban J connectivity index is 2.61. The molecule has 3 heteroatoms. The van der Waals surface area contributed by atoms with Crippen LogP contribution < -0.4 is 0 Å². The highest BCUT2D eigenvalue weighted by Gasteiger charge is 2.06.